The Morgan fingerprint density at radius 1 is 1.23 bits per heavy atom. The number of methoxy groups -OCH3 is 1. The third-order valence-electron chi connectivity index (χ3n) is 4.46. The number of pyridine rings is 1. The molecule has 0 saturated heterocycles. The number of rotatable bonds is 7. The van der Waals surface area contributed by atoms with Crippen LogP contribution in [0.5, 0.6) is 5.75 Å². The van der Waals surface area contributed by atoms with Crippen LogP contribution in [-0.4, -0.2) is 42.0 Å². The standard InChI is InChI=1S/C22H30N4O4/c1-7-14(2)19(25-21(28)30-22(3,4)5)20(27)26-23-13-16-9-8-15-12-17(29-6)10-11-18(15)24-16/h8-14,19H,7H2,1-6H3,(H,25,28)(H,26,27)/b23-13-/t14-,19-/m0/s1. The summed E-state index contributed by atoms with van der Waals surface area (Å²) in [6.07, 6.45) is 1.52. The molecular formula is C22H30N4O4. The van der Waals surface area contributed by atoms with E-state index in [0.29, 0.717) is 12.1 Å². The number of nitrogens with zero attached hydrogens (tertiary/aromatic N) is 2. The van der Waals surface area contributed by atoms with Crippen molar-refractivity contribution in [1.29, 1.82) is 0 Å². The van der Waals surface area contributed by atoms with Crippen LogP contribution in [0.3, 0.4) is 0 Å². The summed E-state index contributed by atoms with van der Waals surface area (Å²) in [5.74, 6) is 0.241. The number of ether oxygens (including phenoxy) is 2. The molecule has 0 aliphatic carbocycles. The van der Waals surface area contributed by atoms with Crippen molar-refractivity contribution in [2.24, 2.45) is 11.0 Å². The highest BCUT2D eigenvalue weighted by Crippen LogP contribution is 2.19. The largest absolute Gasteiger partial charge is 0.497 e. The fourth-order valence-corrected chi connectivity index (χ4v) is 2.69. The Morgan fingerprint density at radius 2 is 1.97 bits per heavy atom. The molecular weight excluding hydrogens is 384 g/mol. The maximum absolute atomic E-state index is 12.6. The molecule has 0 unspecified atom stereocenters. The zero-order valence-corrected chi connectivity index (χ0v) is 18.4. The number of fused-ring (bicyclic) bond motifs is 1. The summed E-state index contributed by atoms with van der Waals surface area (Å²) in [6.45, 7) is 9.12. The van der Waals surface area contributed by atoms with Gasteiger partial charge in [-0.25, -0.2) is 15.2 Å². The van der Waals surface area contributed by atoms with E-state index < -0.39 is 23.6 Å². The van der Waals surface area contributed by atoms with Gasteiger partial charge in [-0.05, 0) is 51.0 Å². The van der Waals surface area contributed by atoms with Crippen LogP contribution in [-0.2, 0) is 9.53 Å². The normalized spacial score (nSPS) is 13.7. The predicted molar refractivity (Wildman–Crippen MR) is 117 cm³/mol. The average Bonchev–Trinajstić information content (AvgIpc) is 2.69. The van der Waals surface area contributed by atoms with Crippen molar-refractivity contribution < 1.29 is 19.1 Å². The molecule has 0 fully saturated rings. The fraction of sp³-hybridized carbons (Fsp3) is 0.455. The molecule has 1 aromatic heterocycles. The molecule has 2 rings (SSSR count). The Labute approximate surface area is 177 Å². The van der Waals surface area contributed by atoms with Crippen LogP contribution in [0.4, 0.5) is 4.79 Å². The lowest BCUT2D eigenvalue weighted by molar-refractivity contribution is -0.124. The van der Waals surface area contributed by atoms with Gasteiger partial charge in [0, 0.05) is 5.39 Å². The van der Waals surface area contributed by atoms with E-state index in [1.54, 1.807) is 33.9 Å². The molecule has 1 heterocycles. The van der Waals surface area contributed by atoms with Gasteiger partial charge in [-0.1, -0.05) is 26.3 Å². The van der Waals surface area contributed by atoms with Gasteiger partial charge in [0.1, 0.15) is 17.4 Å². The van der Waals surface area contributed by atoms with E-state index >= 15 is 0 Å². The van der Waals surface area contributed by atoms with Crippen molar-refractivity contribution in [3.63, 3.8) is 0 Å². The Kier molecular flexibility index (Phi) is 7.74. The third kappa shape index (κ3) is 6.72. The van der Waals surface area contributed by atoms with Gasteiger partial charge >= 0.3 is 6.09 Å². The molecule has 2 N–H and O–H groups in total. The lowest BCUT2D eigenvalue weighted by atomic mass is 9.99. The van der Waals surface area contributed by atoms with Crippen molar-refractivity contribution in [3.05, 3.63) is 36.0 Å². The zero-order valence-electron chi connectivity index (χ0n) is 18.4. The summed E-state index contributed by atoms with van der Waals surface area (Å²) >= 11 is 0. The second-order valence-corrected chi connectivity index (χ2v) is 8.04. The number of carbonyl (C=O) groups excluding carboxylic acids is 2. The molecule has 0 bridgehead atoms. The third-order valence-corrected chi connectivity index (χ3v) is 4.46. The monoisotopic (exact) mass is 414 g/mol. The van der Waals surface area contributed by atoms with Gasteiger partial charge in [-0.15, -0.1) is 0 Å². The number of carbonyl (C=O) groups is 2. The quantitative estimate of drug-likeness (QED) is 0.532. The molecule has 0 aliphatic rings. The predicted octanol–water partition coefficient (Wildman–Crippen LogP) is 3.63. The molecule has 0 saturated carbocycles. The lowest BCUT2D eigenvalue weighted by Crippen LogP contribution is -2.50. The highest BCUT2D eigenvalue weighted by molar-refractivity contribution is 5.88. The summed E-state index contributed by atoms with van der Waals surface area (Å²) in [6, 6.07) is 8.51. The summed E-state index contributed by atoms with van der Waals surface area (Å²) < 4.78 is 10.5. The van der Waals surface area contributed by atoms with Crippen molar-refractivity contribution in [2.75, 3.05) is 7.11 Å². The molecule has 8 nitrogen and oxygen atoms in total. The second kappa shape index (κ2) is 10.0. The zero-order chi connectivity index (χ0) is 22.3. The minimum absolute atomic E-state index is 0.0958. The first-order valence-corrected chi connectivity index (χ1v) is 9.90. The van der Waals surface area contributed by atoms with Crippen LogP contribution < -0.4 is 15.5 Å². The van der Waals surface area contributed by atoms with E-state index in [0.717, 1.165) is 16.7 Å². The van der Waals surface area contributed by atoms with E-state index in [4.69, 9.17) is 9.47 Å². The number of hydrogen-bond donors (Lipinski definition) is 2. The number of amides is 2. The molecule has 30 heavy (non-hydrogen) atoms. The SMILES string of the molecule is CC[C@H](C)[C@H](NC(=O)OC(C)(C)C)C(=O)N/N=C\c1ccc2cc(OC)ccc2n1. The highest BCUT2D eigenvalue weighted by atomic mass is 16.6. The highest BCUT2D eigenvalue weighted by Gasteiger charge is 2.28. The molecule has 1 aromatic carbocycles. The number of hydrazone groups is 1. The molecule has 0 radical (unpaired) electrons. The Balaban J connectivity index is 2.05. The minimum Gasteiger partial charge on any atom is -0.497 e. The number of benzene rings is 1. The topological polar surface area (TPSA) is 102 Å². The number of alkyl carbamates (subject to hydrolysis) is 1. The first kappa shape index (κ1) is 23.1. The van der Waals surface area contributed by atoms with Crippen molar-refractivity contribution in [2.45, 2.75) is 52.7 Å². The maximum Gasteiger partial charge on any atom is 0.408 e. The summed E-state index contributed by atoms with van der Waals surface area (Å²) in [5, 5.41) is 7.57. The van der Waals surface area contributed by atoms with Crippen molar-refractivity contribution >= 4 is 29.1 Å². The van der Waals surface area contributed by atoms with Gasteiger partial charge in [0.25, 0.3) is 5.91 Å². The molecule has 2 atom stereocenters. The van der Waals surface area contributed by atoms with Gasteiger partial charge < -0.3 is 14.8 Å². The summed E-state index contributed by atoms with van der Waals surface area (Å²) in [7, 11) is 1.61. The van der Waals surface area contributed by atoms with Crippen LogP contribution in [0.15, 0.2) is 35.4 Å². The van der Waals surface area contributed by atoms with Gasteiger partial charge in [0.05, 0.1) is 24.5 Å². The van der Waals surface area contributed by atoms with E-state index in [9.17, 15) is 9.59 Å². The van der Waals surface area contributed by atoms with Gasteiger partial charge in [-0.3, -0.25) is 4.79 Å². The number of aromatic nitrogens is 1. The Bertz CT molecular complexity index is 921. The fourth-order valence-electron chi connectivity index (χ4n) is 2.69. The smallest absolute Gasteiger partial charge is 0.408 e. The Morgan fingerprint density at radius 3 is 2.60 bits per heavy atom. The molecule has 162 valence electrons. The minimum atomic E-state index is -0.765. The first-order valence-electron chi connectivity index (χ1n) is 9.90. The van der Waals surface area contributed by atoms with Crippen LogP contribution in [0.2, 0.25) is 0 Å². The Hall–Kier alpha value is -3.16. The summed E-state index contributed by atoms with van der Waals surface area (Å²) in [4.78, 5) is 29.2. The number of nitrogens with one attached hydrogen (secondary N) is 2. The number of hydrogen-bond acceptors (Lipinski definition) is 6. The first-order chi connectivity index (χ1) is 14.1. The summed E-state index contributed by atoms with van der Waals surface area (Å²) in [5.41, 5.74) is 3.21. The van der Waals surface area contributed by atoms with Crippen molar-refractivity contribution in [3.8, 4) is 5.75 Å². The average molecular weight is 415 g/mol. The van der Waals surface area contributed by atoms with E-state index in [2.05, 4.69) is 20.8 Å². The molecule has 2 aromatic rings. The van der Waals surface area contributed by atoms with E-state index in [1.807, 2.05) is 38.1 Å². The van der Waals surface area contributed by atoms with E-state index in [-0.39, 0.29) is 5.92 Å². The van der Waals surface area contributed by atoms with Crippen LogP contribution in [0.1, 0.15) is 46.7 Å². The molecule has 2 amide bonds. The van der Waals surface area contributed by atoms with Crippen LogP contribution in [0.25, 0.3) is 10.9 Å². The van der Waals surface area contributed by atoms with Gasteiger partial charge in [-0.2, -0.15) is 5.10 Å². The van der Waals surface area contributed by atoms with Gasteiger partial charge in [0.2, 0.25) is 0 Å². The molecule has 0 aliphatic heterocycles. The van der Waals surface area contributed by atoms with Crippen LogP contribution in [0, 0.1) is 5.92 Å². The van der Waals surface area contributed by atoms with E-state index in [1.165, 1.54) is 6.21 Å². The maximum atomic E-state index is 12.6. The molecule has 8 heteroatoms. The van der Waals surface area contributed by atoms with Crippen LogP contribution >= 0.6 is 0 Å². The lowest BCUT2D eigenvalue weighted by Gasteiger charge is -2.25. The second-order valence-electron chi connectivity index (χ2n) is 8.04. The van der Waals surface area contributed by atoms with Gasteiger partial charge in [0.15, 0.2) is 0 Å². The van der Waals surface area contributed by atoms with Crippen molar-refractivity contribution in [1.82, 2.24) is 15.7 Å². The molecule has 0 spiro atoms.